The van der Waals surface area contributed by atoms with E-state index in [9.17, 15) is 13.2 Å². The first kappa shape index (κ1) is 14.9. The van der Waals surface area contributed by atoms with Crippen molar-refractivity contribution in [1.82, 2.24) is 15.0 Å². The molecule has 0 aliphatic heterocycles. The number of anilines is 2. The first-order valence-electron chi connectivity index (χ1n) is 7.04. The van der Waals surface area contributed by atoms with Crippen molar-refractivity contribution in [1.29, 1.82) is 0 Å². The van der Waals surface area contributed by atoms with E-state index in [4.69, 9.17) is 0 Å². The summed E-state index contributed by atoms with van der Waals surface area (Å²) in [6, 6.07) is 9.08. The summed E-state index contributed by atoms with van der Waals surface area (Å²) in [7, 11) is 0. The second kappa shape index (κ2) is 5.20. The molecule has 4 rings (SSSR count). The van der Waals surface area contributed by atoms with Crippen LogP contribution in [0.2, 0.25) is 0 Å². The molecule has 4 nitrogen and oxygen atoms in total. The molecule has 0 radical (unpaired) electrons. The third-order valence-corrected chi connectivity index (χ3v) is 4.01. The average Bonchev–Trinajstić information content (AvgIpc) is 3.09. The molecular formula is C16H11F3N4S. The van der Waals surface area contributed by atoms with Gasteiger partial charge in [-0.15, -0.1) is 12.6 Å². The lowest BCUT2D eigenvalue weighted by molar-refractivity contribution is -0.137. The van der Waals surface area contributed by atoms with Gasteiger partial charge in [-0.05, 0) is 36.4 Å². The van der Waals surface area contributed by atoms with Crippen LogP contribution in [-0.2, 0) is 6.18 Å². The summed E-state index contributed by atoms with van der Waals surface area (Å²) in [5.41, 5.74) is 1.75. The molecule has 0 aliphatic rings. The number of alkyl halides is 3. The van der Waals surface area contributed by atoms with Crippen LogP contribution in [0.4, 0.5) is 24.8 Å². The number of imidazole rings is 1. The van der Waals surface area contributed by atoms with Crippen LogP contribution in [0.5, 0.6) is 0 Å². The number of hydrogen-bond donors (Lipinski definition) is 4. The molecule has 2 aromatic heterocycles. The van der Waals surface area contributed by atoms with E-state index in [2.05, 4.69) is 32.9 Å². The van der Waals surface area contributed by atoms with Gasteiger partial charge in [-0.1, -0.05) is 0 Å². The molecule has 4 aromatic rings. The van der Waals surface area contributed by atoms with Crippen LogP contribution in [0.15, 0.2) is 47.5 Å². The smallest absolute Gasteiger partial charge is 0.359 e. The van der Waals surface area contributed by atoms with Crippen molar-refractivity contribution >= 4 is 46.2 Å². The van der Waals surface area contributed by atoms with Crippen LogP contribution in [0.3, 0.4) is 0 Å². The van der Waals surface area contributed by atoms with Gasteiger partial charge in [0, 0.05) is 22.0 Å². The number of benzene rings is 2. The van der Waals surface area contributed by atoms with E-state index in [1.54, 1.807) is 6.20 Å². The highest BCUT2D eigenvalue weighted by molar-refractivity contribution is 7.80. The van der Waals surface area contributed by atoms with Crippen molar-refractivity contribution in [2.75, 3.05) is 5.32 Å². The Kier molecular flexibility index (Phi) is 3.24. The number of fused-ring (bicyclic) bond motifs is 2. The highest BCUT2D eigenvalue weighted by Gasteiger charge is 2.30. The average molecular weight is 348 g/mol. The minimum Gasteiger partial charge on any atom is -0.359 e. The number of aromatic amines is 2. The van der Waals surface area contributed by atoms with Gasteiger partial charge in [0.05, 0.1) is 22.3 Å². The van der Waals surface area contributed by atoms with Gasteiger partial charge in [-0.3, -0.25) is 0 Å². The van der Waals surface area contributed by atoms with Crippen LogP contribution >= 0.6 is 12.6 Å². The largest absolute Gasteiger partial charge is 0.416 e. The maximum absolute atomic E-state index is 12.8. The van der Waals surface area contributed by atoms with Crippen LogP contribution in [0.1, 0.15) is 5.56 Å². The SMILES string of the molecule is FC(F)(F)c1ccc2nc(Nc3c[nH]c4ccc(S)cc34)[nH]c2c1. The lowest BCUT2D eigenvalue weighted by Crippen LogP contribution is -2.04. The second-order valence-corrected chi connectivity index (χ2v) is 5.89. The van der Waals surface area contributed by atoms with Crippen molar-refractivity contribution in [3.63, 3.8) is 0 Å². The van der Waals surface area contributed by atoms with E-state index in [1.807, 2.05) is 18.2 Å². The summed E-state index contributed by atoms with van der Waals surface area (Å²) in [6.45, 7) is 0. The molecule has 2 heterocycles. The van der Waals surface area contributed by atoms with Crippen LogP contribution in [-0.4, -0.2) is 15.0 Å². The molecule has 24 heavy (non-hydrogen) atoms. The summed E-state index contributed by atoms with van der Waals surface area (Å²) in [5.74, 6) is 0.370. The summed E-state index contributed by atoms with van der Waals surface area (Å²) < 4.78 is 38.3. The Bertz CT molecular complexity index is 1050. The van der Waals surface area contributed by atoms with Gasteiger partial charge in [0.15, 0.2) is 0 Å². The number of rotatable bonds is 2. The second-order valence-electron chi connectivity index (χ2n) is 5.37. The van der Waals surface area contributed by atoms with Gasteiger partial charge < -0.3 is 15.3 Å². The Labute approximate surface area is 139 Å². The van der Waals surface area contributed by atoms with Crippen molar-refractivity contribution in [3.05, 3.63) is 48.2 Å². The van der Waals surface area contributed by atoms with E-state index in [1.165, 1.54) is 6.07 Å². The predicted octanol–water partition coefficient (Wildman–Crippen LogP) is 5.10. The normalized spacial score (nSPS) is 12.2. The molecule has 8 heteroatoms. The maximum atomic E-state index is 12.8. The summed E-state index contributed by atoms with van der Waals surface area (Å²) in [5, 5.41) is 4.00. The zero-order valence-electron chi connectivity index (χ0n) is 12.1. The molecule has 0 saturated carbocycles. The standard InChI is InChI=1S/C16H11F3N4S/c17-16(18,19)8-1-3-12-13(5-8)22-15(21-12)23-14-7-20-11-4-2-9(24)6-10(11)14/h1-7,20,24H,(H2,21,22,23). The zero-order valence-corrected chi connectivity index (χ0v) is 13.0. The third-order valence-electron chi connectivity index (χ3n) is 3.73. The van der Waals surface area contributed by atoms with Crippen LogP contribution < -0.4 is 5.32 Å². The number of thiol groups is 1. The molecule has 122 valence electrons. The fourth-order valence-electron chi connectivity index (χ4n) is 2.58. The quantitative estimate of drug-likeness (QED) is 0.381. The Morgan fingerprint density at radius 3 is 2.67 bits per heavy atom. The topological polar surface area (TPSA) is 56.5 Å². The zero-order chi connectivity index (χ0) is 16.9. The lowest BCUT2D eigenvalue weighted by Gasteiger charge is -2.05. The van der Waals surface area contributed by atoms with Crippen LogP contribution in [0, 0.1) is 0 Å². The number of halogens is 3. The molecule has 0 atom stereocenters. The van der Waals surface area contributed by atoms with Gasteiger partial charge in [0.2, 0.25) is 5.95 Å². The molecule has 0 spiro atoms. The van der Waals surface area contributed by atoms with Gasteiger partial charge in [-0.25, -0.2) is 4.98 Å². The molecule has 0 amide bonds. The lowest BCUT2D eigenvalue weighted by atomic mass is 10.2. The fraction of sp³-hybridized carbons (Fsp3) is 0.0625. The highest BCUT2D eigenvalue weighted by Crippen LogP contribution is 2.32. The Hall–Kier alpha value is -2.61. The number of aromatic nitrogens is 3. The number of nitrogens with zero attached hydrogens (tertiary/aromatic N) is 1. The minimum atomic E-state index is -4.38. The van der Waals surface area contributed by atoms with Crippen molar-refractivity contribution < 1.29 is 13.2 Å². The van der Waals surface area contributed by atoms with Gasteiger partial charge >= 0.3 is 6.18 Å². The van der Waals surface area contributed by atoms with E-state index in [0.29, 0.717) is 17.0 Å². The van der Waals surface area contributed by atoms with Gasteiger partial charge in [-0.2, -0.15) is 13.2 Å². The molecule has 0 fully saturated rings. The molecular weight excluding hydrogens is 337 g/mol. The van der Waals surface area contributed by atoms with Gasteiger partial charge in [0.1, 0.15) is 0 Å². The number of nitrogens with one attached hydrogen (secondary N) is 3. The number of hydrogen-bond acceptors (Lipinski definition) is 3. The molecule has 3 N–H and O–H groups in total. The van der Waals surface area contributed by atoms with Crippen molar-refractivity contribution in [2.45, 2.75) is 11.1 Å². The summed E-state index contributed by atoms with van der Waals surface area (Å²) in [4.78, 5) is 11.1. The molecule has 0 unspecified atom stereocenters. The highest BCUT2D eigenvalue weighted by atomic mass is 32.1. The van der Waals surface area contributed by atoms with E-state index < -0.39 is 11.7 Å². The maximum Gasteiger partial charge on any atom is 0.416 e. The van der Waals surface area contributed by atoms with E-state index in [-0.39, 0.29) is 0 Å². The summed E-state index contributed by atoms with van der Waals surface area (Å²) >= 11 is 4.32. The molecule has 2 aromatic carbocycles. The predicted molar refractivity (Wildman–Crippen MR) is 89.9 cm³/mol. The van der Waals surface area contributed by atoms with E-state index in [0.717, 1.165) is 33.6 Å². The Balaban J connectivity index is 1.72. The molecule has 0 saturated heterocycles. The first-order valence-corrected chi connectivity index (χ1v) is 7.49. The number of H-pyrrole nitrogens is 2. The minimum absolute atomic E-state index is 0.321. The monoisotopic (exact) mass is 348 g/mol. The summed E-state index contributed by atoms with van der Waals surface area (Å²) in [6.07, 6.45) is -2.61. The Morgan fingerprint density at radius 2 is 1.88 bits per heavy atom. The third kappa shape index (κ3) is 2.58. The first-order chi connectivity index (χ1) is 11.4. The van der Waals surface area contributed by atoms with Gasteiger partial charge in [0.25, 0.3) is 0 Å². The van der Waals surface area contributed by atoms with Crippen molar-refractivity contribution in [2.24, 2.45) is 0 Å². The van der Waals surface area contributed by atoms with E-state index >= 15 is 0 Å². The van der Waals surface area contributed by atoms with Crippen LogP contribution in [0.25, 0.3) is 21.9 Å². The molecule has 0 bridgehead atoms. The van der Waals surface area contributed by atoms with Crippen molar-refractivity contribution in [3.8, 4) is 0 Å². The Morgan fingerprint density at radius 1 is 1.04 bits per heavy atom. The molecule has 0 aliphatic carbocycles. The fourth-order valence-corrected chi connectivity index (χ4v) is 2.79.